The topological polar surface area (TPSA) is 126 Å². The summed E-state index contributed by atoms with van der Waals surface area (Å²) in [5.74, 6) is -1.22. The lowest BCUT2D eigenvalue weighted by molar-refractivity contribution is -0.697. The van der Waals surface area contributed by atoms with Gasteiger partial charge in [-0.2, -0.15) is 0 Å². The van der Waals surface area contributed by atoms with Crippen molar-refractivity contribution in [2.24, 2.45) is 0 Å². The van der Waals surface area contributed by atoms with Gasteiger partial charge in [0.1, 0.15) is 25.8 Å². The number of nitrogens with zero attached hydrogens (tertiary/aromatic N) is 1. The number of carbonyl (C=O) groups is 2. The van der Waals surface area contributed by atoms with Crippen LogP contribution in [0.3, 0.4) is 0 Å². The Morgan fingerprint density at radius 1 is 0.837 bits per heavy atom. The number of nitrogens with one attached hydrogen (secondary N) is 1. The van der Waals surface area contributed by atoms with E-state index in [0.717, 1.165) is 27.8 Å². The SMILES string of the molecule is O=C(N[C@H](Cc1ccc[n+](CCCS(=O)(=O)[O-])c1)C(=O)OCc1ccccc1)OCC1c2ccccc2-c2ccccc21. The Hall–Kier alpha value is -4.54. The van der Waals surface area contributed by atoms with Crippen molar-refractivity contribution in [3.8, 4) is 11.1 Å². The minimum atomic E-state index is -4.31. The zero-order chi connectivity index (χ0) is 30.2. The molecule has 0 radical (unpaired) electrons. The van der Waals surface area contributed by atoms with Crippen LogP contribution >= 0.6 is 0 Å². The van der Waals surface area contributed by atoms with Crippen LogP contribution in [0.15, 0.2) is 103 Å². The van der Waals surface area contributed by atoms with Crippen LogP contribution in [0.2, 0.25) is 0 Å². The molecule has 1 heterocycles. The molecule has 0 unspecified atom stereocenters. The van der Waals surface area contributed by atoms with Gasteiger partial charge in [0, 0.05) is 36.1 Å². The van der Waals surface area contributed by atoms with E-state index >= 15 is 0 Å². The maximum absolute atomic E-state index is 13.2. The largest absolute Gasteiger partial charge is 0.748 e. The molecule has 0 fully saturated rings. The van der Waals surface area contributed by atoms with Crippen LogP contribution in [-0.2, 0) is 44.0 Å². The van der Waals surface area contributed by atoms with E-state index in [-0.39, 0.29) is 32.0 Å². The fourth-order valence-corrected chi connectivity index (χ4v) is 5.78. The van der Waals surface area contributed by atoms with E-state index < -0.39 is 34.0 Å². The molecule has 222 valence electrons. The lowest BCUT2D eigenvalue weighted by Crippen LogP contribution is -2.44. The quantitative estimate of drug-likeness (QED) is 0.147. The van der Waals surface area contributed by atoms with E-state index in [1.807, 2.05) is 66.7 Å². The monoisotopic (exact) mass is 600 g/mol. The van der Waals surface area contributed by atoms with Crippen LogP contribution in [0.4, 0.5) is 4.79 Å². The summed E-state index contributed by atoms with van der Waals surface area (Å²) in [5, 5.41) is 2.69. The average Bonchev–Trinajstić information content (AvgIpc) is 3.32. The van der Waals surface area contributed by atoms with E-state index in [4.69, 9.17) is 9.47 Å². The molecule has 0 saturated heterocycles. The number of pyridine rings is 1. The zero-order valence-corrected chi connectivity index (χ0v) is 24.2. The van der Waals surface area contributed by atoms with Crippen LogP contribution in [-0.4, -0.2) is 43.4 Å². The van der Waals surface area contributed by atoms with E-state index in [2.05, 4.69) is 17.4 Å². The van der Waals surface area contributed by atoms with Crippen molar-refractivity contribution in [3.63, 3.8) is 0 Å². The number of rotatable bonds is 12. The Morgan fingerprint density at radius 2 is 1.47 bits per heavy atom. The molecule has 1 N–H and O–H groups in total. The molecule has 0 aliphatic heterocycles. The van der Waals surface area contributed by atoms with Crippen molar-refractivity contribution in [2.75, 3.05) is 12.4 Å². The van der Waals surface area contributed by atoms with Gasteiger partial charge in [0.25, 0.3) is 0 Å². The summed E-state index contributed by atoms with van der Waals surface area (Å²) in [7, 11) is -4.31. The number of aryl methyl sites for hydroxylation is 1. The summed E-state index contributed by atoms with van der Waals surface area (Å²) in [6.45, 7) is 0.443. The number of amides is 1. The predicted molar refractivity (Wildman–Crippen MR) is 158 cm³/mol. The summed E-state index contributed by atoms with van der Waals surface area (Å²) >= 11 is 0. The Morgan fingerprint density at radius 3 is 2.14 bits per heavy atom. The third kappa shape index (κ3) is 8.06. The van der Waals surface area contributed by atoms with Gasteiger partial charge < -0.3 is 19.3 Å². The first-order valence-corrected chi connectivity index (χ1v) is 15.6. The van der Waals surface area contributed by atoms with Gasteiger partial charge in [-0.3, -0.25) is 0 Å². The molecule has 3 aromatic carbocycles. The molecule has 1 aliphatic rings. The molecule has 0 saturated carbocycles. The minimum Gasteiger partial charge on any atom is -0.748 e. The highest BCUT2D eigenvalue weighted by atomic mass is 32.2. The maximum Gasteiger partial charge on any atom is 0.407 e. The highest BCUT2D eigenvalue weighted by molar-refractivity contribution is 7.85. The van der Waals surface area contributed by atoms with Crippen molar-refractivity contribution in [1.29, 1.82) is 0 Å². The number of carbonyl (C=O) groups excluding carboxylic acids is 2. The Bertz CT molecular complexity index is 1650. The molecule has 0 bridgehead atoms. The summed E-state index contributed by atoms with van der Waals surface area (Å²) in [6.07, 6.45) is 3.00. The molecule has 1 aliphatic carbocycles. The van der Waals surface area contributed by atoms with Gasteiger partial charge in [-0.15, -0.1) is 0 Å². The normalized spacial score (nSPS) is 13.0. The van der Waals surface area contributed by atoms with E-state index in [1.54, 1.807) is 29.1 Å². The first kappa shape index (κ1) is 29.9. The first-order valence-electron chi connectivity index (χ1n) is 14.0. The van der Waals surface area contributed by atoms with E-state index in [9.17, 15) is 22.6 Å². The first-order chi connectivity index (χ1) is 20.8. The molecule has 4 aromatic rings. The molecule has 1 aromatic heterocycles. The molecule has 5 rings (SSSR count). The van der Waals surface area contributed by atoms with Crippen molar-refractivity contribution in [3.05, 3.63) is 126 Å². The molecule has 9 nitrogen and oxygen atoms in total. The fourth-order valence-electron chi connectivity index (χ4n) is 5.30. The van der Waals surface area contributed by atoms with Crippen LogP contribution in [0.25, 0.3) is 11.1 Å². The standard InChI is InChI=1S/C33H32N2O7S/c36-32(41-22-24-10-2-1-3-11-24)31(20-25-12-8-17-35(21-25)18-9-19-43(38,39)40)34-33(37)42-23-30-28-15-6-4-13-26(28)27-14-5-7-16-29(27)30/h1-8,10-17,21,30-31H,9,18-20,22-23H2,(H-,34,37,38,39,40)/t31-/m1/s1. The lowest BCUT2D eigenvalue weighted by atomic mass is 9.98. The number of fused-ring (bicyclic) bond motifs is 3. The summed E-state index contributed by atoms with van der Waals surface area (Å²) in [5.41, 5.74) is 5.89. The second kappa shape index (κ2) is 13.6. The minimum absolute atomic E-state index is 0.0427. The van der Waals surface area contributed by atoms with Crippen LogP contribution in [0, 0.1) is 0 Å². The summed E-state index contributed by atoms with van der Waals surface area (Å²) < 4.78 is 45.9. The van der Waals surface area contributed by atoms with Crippen molar-refractivity contribution >= 4 is 22.2 Å². The van der Waals surface area contributed by atoms with Gasteiger partial charge >= 0.3 is 12.1 Å². The highest BCUT2D eigenvalue weighted by Gasteiger charge is 2.30. The predicted octanol–water partition coefficient (Wildman–Crippen LogP) is 4.10. The van der Waals surface area contributed by atoms with Gasteiger partial charge in [0.2, 0.25) is 0 Å². The zero-order valence-electron chi connectivity index (χ0n) is 23.4. The van der Waals surface area contributed by atoms with Crippen molar-refractivity contribution < 1.29 is 36.6 Å². The number of benzene rings is 3. The molecule has 1 atom stereocenters. The third-order valence-corrected chi connectivity index (χ3v) is 8.10. The number of ether oxygens (including phenoxy) is 2. The number of hydrogen-bond acceptors (Lipinski definition) is 7. The second-order valence-corrected chi connectivity index (χ2v) is 11.9. The highest BCUT2D eigenvalue weighted by Crippen LogP contribution is 2.44. The Labute approximate surface area is 250 Å². The van der Waals surface area contributed by atoms with Crippen molar-refractivity contribution in [1.82, 2.24) is 5.32 Å². The van der Waals surface area contributed by atoms with Crippen LogP contribution in [0.5, 0.6) is 0 Å². The molecular weight excluding hydrogens is 568 g/mol. The molecule has 1 amide bonds. The second-order valence-electron chi connectivity index (χ2n) is 10.4. The smallest absolute Gasteiger partial charge is 0.407 e. The Balaban J connectivity index is 1.27. The fraction of sp³-hybridized carbons (Fsp3) is 0.242. The summed E-state index contributed by atoms with van der Waals surface area (Å²) in [4.78, 5) is 26.3. The maximum atomic E-state index is 13.2. The number of esters is 1. The number of alkyl carbamates (subject to hydrolysis) is 1. The van der Waals surface area contributed by atoms with Gasteiger partial charge in [0.05, 0.1) is 10.1 Å². The van der Waals surface area contributed by atoms with Crippen molar-refractivity contribution in [2.45, 2.75) is 38.0 Å². The average molecular weight is 601 g/mol. The van der Waals surface area contributed by atoms with E-state index in [1.165, 1.54) is 0 Å². The molecule has 0 spiro atoms. The molecule has 10 heteroatoms. The van der Waals surface area contributed by atoms with Gasteiger partial charge in [0.15, 0.2) is 12.4 Å². The third-order valence-electron chi connectivity index (χ3n) is 7.31. The molecular formula is C33H32N2O7S. The number of hydrogen-bond donors (Lipinski definition) is 1. The van der Waals surface area contributed by atoms with Gasteiger partial charge in [-0.1, -0.05) is 78.9 Å². The van der Waals surface area contributed by atoms with E-state index in [0.29, 0.717) is 12.1 Å². The van der Waals surface area contributed by atoms with Gasteiger partial charge in [-0.05, 0) is 33.9 Å². The van der Waals surface area contributed by atoms with Gasteiger partial charge in [-0.25, -0.2) is 22.6 Å². The van der Waals surface area contributed by atoms with Crippen LogP contribution < -0.4 is 9.88 Å². The summed E-state index contributed by atoms with van der Waals surface area (Å²) in [6, 6.07) is 27.8. The number of aromatic nitrogens is 1. The Kier molecular flexibility index (Phi) is 9.48. The molecule has 43 heavy (non-hydrogen) atoms. The lowest BCUT2D eigenvalue weighted by Gasteiger charge is -2.19. The van der Waals surface area contributed by atoms with Crippen LogP contribution in [0.1, 0.15) is 34.6 Å².